The number of imide groups is 2. The van der Waals surface area contributed by atoms with Crippen molar-refractivity contribution >= 4 is 46.2 Å². The highest BCUT2D eigenvalue weighted by atomic mass is 19.1. The van der Waals surface area contributed by atoms with E-state index in [1.165, 1.54) is 12.4 Å². The molecule has 9 rings (SSSR count). The predicted molar refractivity (Wildman–Crippen MR) is 202 cm³/mol. The zero-order valence-electron chi connectivity index (χ0n) is 29.9. The number of amides is 4. The smallest absolute Gasteiger partial charge is 0.262 e. The molecule has 1 atom stereocenters. The minimum Gasteiger partial charge on any atom is -0.454 e. The first-order valence-corrected chi connectivity index (χ1v) is 18.2. The quantitative estimate of drug-likeness (QED) is 0.219. The SMILES string of the molecule is Nc1ncnc2c1c(-c1ccc(Oc3ccccc3F)cc1)nn2C1CCN(N2C=CC=CN(c3ccc4c(c3)C(=O)N(C3CCC(=O)NC3=O)C4=O)C2)CC1. The van der Waals surface area contributed by atoms with Gasteiger partial charge in [-0.1, -0.05) is 12.1 Å². The molecule has 1 unspecified atom stereocenters. The molecule has 4 aliphatic heterocycles. The van der Waals surface area contributed by atoms with Crippen molar-refractivity contribution in [2.75, 3.05) is 30.4 Å². The standard InChI is InChI=1S/C40H35FN10O5/c41-30-5-1-2-6-32(30)56-27-10-7-24(8-11-27)35-34-36(42)43-22-44-37(34)51(46-35)25-15-19-48(20-16-25)49-18-4-3-17-47(23-49)26-9-12-28-29(21-26)40(55)50(39(28)54)31-13-14-33(52)45-38(31)53/h1-12,17-18,21-22,25,31H,13-16,19-20,23H2,(H2,42,43,44)(H,45,52,53). The molecule has 282 valence electrons. The predicted octanol–water partition coefficient (Wildman–Crippen LogP) is 4.77. The number of benzene rings is 3. The summed E-state index contributed by atoms with van der Waals surface area (Å²) >= 11 is 0. The molecular formula is C40H35FN10O5. The number of halogens is 1. The lowest BCUT2D eigenvalue weighted by Crippen LogP contribution is -2.54. The number of fused-ring (bicyclic) bond motifs is 2. The van der Waals surface area contributed by atoms with Crippen molar-refractivity contribution in [2.24, 2.45) is 0 Å². The van der Waals surface area contributed by atoms with Crippen LogP contribution in [0, 0.1) is 5.82 Å². The minimum atomic E-state index is -1.03. The number of anilines is 2. The maximum absolute atomic E-state index is 14.2. The lowest BCUT2D eigenvalue weighted by Gasteiger charge is -2.40. The Morgan fingerprint density at radius 1 is 0.857 bits per heavy atom. The van der Waals surface area contributed by atoms with Gasteiger partial charge in [-0.25, -0.2) is 24.0 Å². The lowest BCUT2D eigenvalue weighted by molar-refractivity contribution is -0.136. The number of carbonyl (C=O) groups excluding carboxylic acids is 4. The fourth-order valence-electron chi connectivity index (χ4n) is 7.68. The maximum atomic E-state index is 14.2. The third-order valence-electron chi connectivity index (χ3n) is 10.5. The Morgan fingerprint density at radius 2 is 1.62 bits per heavy atom. The molecule has 3 aromatic carbocycles. The number of aromatic nitrogens is 4. The average Bonchev–Trinajstić information content (AvgIpc) is 3.58. The zero-order valence-corrected chi connectivity index (χ0v) is 29.9. The number of allylic oxidation sites excluding steroid dienone is 2. The summed E-state index contributed by atoms with van der Waals surface area (Å²) in [4.78, 5) is 62.8. The Morgan fingerprint density at radius 3 is 2.41 bits per heavy atom. The number of carbonyl (C=O) groups is 4. The number of piperidine rings is 2. The van der Waals surface area contributed by atoms with Gasteiger partial charge in [0.15, 0.2) is 17.2 Å². The Hall–Kier alpha value is -6.94. The second-order valence-electron chi connectivity index (χ2n) is 13.9. The van der Waals surface area contributed by atoms with E-state index in [4.69, 9.17) is 15.6 Å². The molecule has 5 aromatic rings. The van der Waals surface area contributed by atoms with Crippen LogP contribution in [0.2, 0.25) is 0 Å². The zero-order chi connectivity index (χ0) is 38.5. The van der Waals surface area contributed by atoms with Gasteiger partial charge in [-0.05, 0) is 86.0 Å². The molecule has 0 radical (unpaired) electrons. The summed E-state index contributed by atoms with van der Waals surface area (Å²) in [5, 5.41) is 12.3. The van der Waals surface area contributed by atoms with Crippen LogP contribution in [0.25, 0.3) is 22.3 Å². The fraction of sp³-hybridized carbons (Fsp3) is 0.225. The van der Waals surface area contributed by atoms with Crippen LogP contribution in [0.5, 0.6) is 11.5 Å². The number of hydrogen-bond acceptors (Lipinski definition) is 12. The Bertz CT molecular complexity index is 2480. The molecule has 2 aromatic heterocycles. The van der Waals surface area contributed by atoms with E-state index < -0.39 is 35.5 Å². The lowest BCUT2D eigenvalue weighted by atomic mass is 10.0. The molecule has 56 heavy (non-hydrogen) atoms. The van der Waals surface area contributed by atoms with E-state index in [0.29, 0.717) is 53.7 Å². The molecule has 0 aliphatic carbocycles. The summed E-state index contributed by atoms with van der Waals surface area (Å²) in [6, 6.07) is 17.5. The van der Waals surface area contributed by atoms with Gasteiger partial charge in [-0.15, -0.1) is 0 Å². The summed E-state index contributed by atoms with van der Waals surface area (Å²) < 4.78 is 21.9. The topological polar surface area (TPSA) is 172 Å². The monoisotopic (exact) mass is 754 g/mol. The van der Waals surface area contributed by atoms with Crippen molar-refractivity contribution in [1.82, 2.24) is 40.0 Å². The van der Waals surface area contributed by atoms with E-state index in [-0.39, 0.29) is 35.8 Å². The first-order valence-electron chi connectivity index (χ1n) is 18.2. The van der Waals surface area contributed by atoms with Crippen molar-refractivity contribution in [2.45, 2.75) is 37.8 Å². The first-order chi connectivity index (χ1) is 27.2. The number of nitrogens with two attached hydrogens (primary N) is 1. The van der Waals surface area contributed by atoms with E-state index in [0.717, 1.165) is 23.3 Å². The Labute approximate surface area is 319 Å². The number of nitrogen functional groups attached to an aromatic ring is 1. The van der Waals surface area contributed by atoms with E-state index in [9.17, 15) is 23.6 Å². The highest BCUT2D eigenvalue weighted by Gasteiger charge is 2.45. The highest BCUT2D eigenvalue weighted by Crippen LogP contribution is 2.36. The van der Waals surface area contributed by atoms with Gasteiger partial charge in [0.2, 0.25) is 11.8 Å². The molecule has 16 heteroatoms. The van der Waals surface area contributed by atoms with Crippen LogP contribution < -0.4 is 20.7 Å². The molecule has 0 saturated carbocycles. The number of ether oxygens (including phenoxy) is 1. The number of para-hydroxylation sites is 1. The van der Waals surface area contributed by atoms with Gasteiger partial charge in [0.25, 0.3) is 11.8 Å². The van der Waals surface area contributed by atoms with Gasteiger partial charge in [-0.3, -0.25) is 34.4 Å². The first kappa shape index (κ1) is 34.8. The van der Waals surface area contributed by atoms with Gasteiger partial charge >= 0.3 is 0 Å². The van der Waals surface area contributed by atoms with E-state index in [1.54, 1.807) is 48.5 Å². The van der Waals surface area contributed by atoms with Crippen LogP contribution in [-0.4, -0.2) is 84.1 Å². The summed E-state index contributed by atoms with van der Waals surface area (Å²) in [7, 11) is 0. The number of nitrogens with zero attached hydrogens (tertiary/aromatic N) is 8. The largest absolute Gasteiger partial charge is 0.454 e. The molecular weight excluding hydrogens is 720 g/mol. The minimum absolute atomic E-state index is 0.0261. The molecule has 0 bridgehead atoms. The molecule has 4 amide bonds. The molecule has 2 saturated heterocycles. The van der Waals surface area contributed by atoms with Crippen LogP contribution in [0.3, 0.4) is 0 Å². The summed E-state index contributed by atoms with van der Waals surface area (Å²) in [5.41, 5.74) is 9.63. The van der Waals surface area contributed by atoms with Gasteiger partial charge in [0.05, 0.1) is 22.6 Å². The van der Waals surface area contributed by atoms with Crippen LogP contribution in [-0.2, 0) is 9.59 Å². The third kappa shape index (κ3) is 6.18. The number of hydrazine groups is 1. The third-order valence-corrected chi connectivity index (χ3v) is 10.5. The van der Waals surface area contributed by atoms with Crippen LogP contribution in [0.4, 0.5) is 15.9 Å². The highest BCUT2D eigenvalue weighted by molar-refractivity contribution is 6.23. The van der Waals surface area contributed by atoms with Gasteiger partial charge in [0, 0.05) is 43.2 Å². The van der Waals surface area contributed by atoms with Crippen LogP contribution in [0.15, 0.2) is 97.6 Å². The number of rotatable bonds is 7. The summed E-state index contributed by atoms with van der Waals surface area (Å²) in [6.07, 6.45) is 10.9. The molecule has 6 heterocycles. The van der Waals surface area contributed by atoms with Crippen molar-refractivity contribution in [3.8, 4) is 22.8 Å². The normalized spacial score (nSPS) is 19.2. The molecule has 0 spiro atoms. The fourth-order valence-corrected chi connectivity index (χ4v) is 7.68. The van der Waals surface area contributed by atoms with Crippen LogP contribution in [0.1, 0.15) is 52.4 Å². The Balaban J connectivity index is 0.895. The maximum Gasteiger partial charge on any atom is 0.262 e. The van der Waals surface area contributed by atoms with E-state index in [2.05, 4.69) is 25.3 Å². The van der Waals surface area contributed by atoms with Gasteiger partial charge in [-0.2, -0.15) is 5.10 Å². The molecule has 2 fully saturated rings. The Kier molecular flexibility index (Phi) is 8.73. The second-order valence-corrected chi connectivity index (χ2v) is 13.9. The van der Waals surface area contributed by atoms with Crippen molar-refractivity contribution in [3.05, 3.63) is 115 Å². The van der Waals surface area contributed by atoms with Crippen molar-refractivity contribution in [3.63, 3.8) is 0 Å². The number of hydrogen-bond donors (Lipinski definition) is 2. The molecule has 3 N–H and O–H groups in total. The molecule has 15 nitrogen and oxygen atoms in total. The van der Waals surface area contributed by atoms with Crippen molar-refractivity contribution < 1.29 is 28.3 Å². The molecule has 4 aliphatic rings. The average molecular weight is 755 g/mol. The van der Waals surface area contributed by atoms with Gasteiger partial charge in [0.1, 0.15) is 36.3 Å². The van der Waals surface area contributed by atoms with Gasteiger partial charge < -0.3 is 15.4 Å². The van der Waals surface area contributed by atoms with Crippen LogP contribution >= 0.6 is 0 Å². The second kappa shape index (κ2) is 14.0. The van der Waals surface area contributed by atoms with E-state index in [1.807, 2.05) is 46.3 Å². The number of nitrogens with one attached hydrogen (secondary N) is 1. The summed E-state index contributed by atoms with van der Waals surface area (Å²) in [6.45, 7) is 1.85. The van der Waals surface area contributed by atoms with E-state index >= 15 is 0 Å². The van der Waals surface area contributed by atoms with Crippen molar-refractivity contribution in [1.29, 1.82) is 0 Å². The summed E-state index contributed by atoms with van der Waals surface area (Å²) in [5.74, 6) is -1.67.